The topological polar surface area (TPSA) is 61.5 Å². The lowest BCUT2D eigenvalue weighted by atomic mass is 10.1. The largest absolute Gasteiger partial charge is 0.459 e. The van der Waals surface area contributed by atoms with Crippen molar-refractivity contribution < 1.29 is 14.3 Å². The van der Waals surface area contributed by atoms with Crippen molar-refractivity contribution in [3.63, 3.8) is 0 Å². The van der Waals surface area contributed by atoms with Gasteiger partial charge in [0.25, 0.3) is 0 Å². The summed E-state index contributed by atoms with van der Waals surface area (Å²) >= 11 is 1.37. The van der Waals surface area contributed by atoms with Gasteiger partial charge in [-0.2, -0.15) is 0 Å². The van der Waals surface area contributed by atoms with Crippen molar-refractivity contribution in [1.82, 2.24) is 0 Å². The lowest BCUT2D eigenvalue weighted by Gasteiger charge is -2.21. The Morgan fingerprint density at radius 3 is 3.06 bits per heavy atom. The first-order chi connectivity index (χ1) is 8.16. The maximum Gasteiger partial charge on any atom is 0.348 e. The highest BCUT2D eigenvalue weighted by Gasteiger charge is 2.18. The summed E-state index contributed by atoms with van der Waals surface area (Å²) < 4.78 is 10.7. The van der Waals surface area contributed by atoms with Gasteiger partial charge in [-0.15, -0.1) is 11.3 Å². The number of nitrogen functional groups attached to an aromatic ring is 1. The summed E-state index contributed by atoms with van der Waals surface area (Å²) in [5.74, 6) is -0.302. The fourth-order valence-electron chi connectivity index (χ4n) is 1.78. The van der Waals surface area contributed by atoms with Crippen LogP contribution in [0.3, 0.4) is 0 Å². The molecule has 0 amide bonds. The number of hydrogen-bond acceptors (Lipinski definition) is 5. The SMILES string of the molecule is Cc1sc(C(=O)OCC2CCCCO2)cc1N. The maximum atomic E-state index is 11.7. The number of hydrogen-bond donors (Lipinski definition) is 1. The van der Waals surface area contributed by atoms with E-state index in [0.717, 1.165) is 30.7 Å². The van der Waals surface area contributed by atoms with Crippen LogP contribution in [-0.2, 0) is 9.47 Å². The Bertz CT molecular complexity index is 377. The predicted molar refractivity (Wildman–Crippen MR) is 67.3 cm³/mol. The molecule has 2 rings (SSSR count). The van der Waals surface area contributed by atoms with Gasteiger partial charge in [0.2, 0.25) is 0 Å². The molecule has 0 aliphatic carbocycles. The summed E-state index contributed by atoms with van der Waals surface area (Å²) in [5.41, 5.74) is 6.34. The zero-order chi connectivity index (χ0) is 12.3. The molecule has 2 N–H and O–H groups in total. The molecule has 0 spiro atoms. The number of anilines is 1. The van der Waals surface area contributed by atoms with Crippen molar-refractivity contribution in [2.45, 2.75) is 32.3 Å². The number of rotatable bonds is 3. The monoisotopic (exact) mass is 255 g/mol. The molecule has 1 aromatic heterocycles. The van der Waals surface area contributed by atoms with Gasteiger partial charge >= 0.3 is 5.97 Å². The Morgan fingerprint density at radius 2 is 2.47 bits per heavy atom. The van der Waals surface area contributed by atoms with Gasteiger partial charge in [0.05, 0.1) is 6.10 Å². The molecule has 0 radical (unpaired) electrons. The standard InChI is InChI=1S/C12H17NO3S/c1-8-10(13)6-11(17-8)12(14)16-7-9-4-2-3-5-15-9/h6,9H,2-5,7,13H2,1H3. The highest BCUT2D eigenvalue weighted by atomic mass is 32.1. The van der Waals surface area contributed by atoms with Crippen LogP contribution in [0.5, 0.6) is 0 Å². The number of nitrogens with two attached hydrogens (primary N) is 1. The first kappa shape index (κ1) is 12.4. The van der Waals surface area contributed by atoms with Gasteiger partial charge in [-0.05, 0) is 32.3 Å². The Balaban J connectivity index is 1.84. The third-order valence-corrected chi connectivity index (χ3v) is 3.88. The fourth-order valence-corrected chi connectivity index (χ4v) is 2.61. The molecule has 5 heteroatoms. The zero-order valence-corrected chi connectivity index (χ0v) is 10.7. The molecule has 4 nitrogen and oxygen atoms in total. The minimum atomic E-state index is -0.302. The van der Waals surface area contributed by atoms with E-state index in [2.05, 4.69) is 0 Å². The van der Waals surface area contributed by atoms with E-state index in [1.807, 2.05) is 6.92 Å². The van der Waals surface area contributed by atoms with Gasteiger partial charge in [-0.25, -0.2) is 4.79 Å². The molecular weight excluding hydrogens is 238 g/mol. The van der Waals surface area contributed by atoms with Gasteiger partial charge < -0.3 is 15.2 Å². The number of ether oxygens (including phenoxy) is 2. The minimum Gasteiger partial charge on any atom is -0.459 e. The predicted octanol–water partition coefficient (Wildman–Crippen LogP) is 2.36. The van der Waals surface area contributed by atoms with Crippen LogP contribution in [0.4, 0.5) is 5.69 Å². The van der Waals surface area contributed by atoms with Crippen molar-refractivity contribution in [2.24, 2.45) is 0 Å². The first-order valence-electron chi connectivity index (χ1n) is 5.81. The highest BCUT2D eigenvalue weighted by Crippen LogP contribution is 2.24. The molecule has 2 heterocycles. The Morgan fingerprint density at radius 1 is 1.65 bits per heavy atom. The summed E-state index contributed by atoms with van der Waals surface area (Å²) in [5, 5.41) is 0. The van der Waals surface area contributed by atoms with E-state index in [0.29, 0.717) is 17.2 Å². The van der Waals surface area contributed by atoms with Crippen molar-refractivity contribution in [3.05, 3.63) is 15.8 Å². The second-order valence-electron chi connectivity index (χ2n) is 4.21. The molecule has 1 atom stereocenters. The van der Waals surface area contributed by atoms with Crippen LogP contribution in [-0.4, -0.2) is 25.3 Å². The summed E-state index contributed by atoms with van der Waals surface area (Å²) in [4.78, 5) is 13.2. The molecule has 1 saturated heterocycles. The molecule has 1 unspecified atom stereocenters. The summed E-state index contributed by atoms with van der Waals surface area (Å²) in [6.45, 7) is 3.00. The molecule has 1 fully saturated rings. The molecule has 94 valence electrons. The lowest BCUT2D eigenvalue weighted by Crippen LogP contribution is -2.25. The van der Waals surface area contributed by atoms with Gasteiger partial charge in [0.15, 0.2) is 0 Å². The van der Waals surface area contributed by atoms with Crippen LogP contribution < -0.4 is 5.73 Å². The molecule has 1 aliphatic heterocycles. The second-order valence-corrected chi connectivity index (χ2v) is 5.47. The van der Waals surface area contributed by atoms with Crippen molar-refractivity contribution >= 4 is 23.0 Å². The van der Waals surface area contributed by atoms with Gasteiger partial charge in [0, 0.05) is 17.2 Å². The molecule has 17 heavy (non-hydrogen) atoms. The second kappa shape index (κ2) is 5.51. The third-order valence-electron chi connectivity index (χ3n) is 2.83. The highest BCUT2D eigenvalue weighted by molar-refractivity contribution is 7.14. The van der Waals surface area contributed by atoms with E-state index in [1.54, 1.807) is 6.07 Å². The van der Waals surface area contributed by atoms with Crippen molar-refractivity contribution in [3.8, 4) is 0 Å². The summed E-state index contributed by atoms with van der Waals surface area (Å²) in [6.07, 6.45) is 3.28. The normalized spacial score (nSPS) is 20.2. The van der Waals surface area contributed by atoms with Crippen molar-refractivity contribution in [2.75, 3.05) is 18.9 Å². The summed E-state index contributed by atoms with van der Waals surface area (Å²) in [7, 11) is 0. The molecule has 0 saturated carbocycles. The van der Waals surface area contributed by atoms with Crippen LogP contribution in [0.2, 0.25) is 0 Å². The molecule has 0 aromatic carbocycles. The van der Waals surface area contributed by atoms with Crippen molar-refractivity contribution in [1.29, 1.82) is 0 Å². The third kappa shape index (κ3) is 3.20. The van der Waals surface area contributed by atoms with Crippen LogP contribution in [0, 0.1) is 6.92 Å². The first-order valence-corrected chi connectivity index (χ1v) is 6.63. The number of carbonyl (C=O) groups is 1. The Hall–Kier alpha value is -1.07. The van der Waals surface area contributed by atoms with Crippen LogP contribution >= 0.6 is 11.3 Å². The number of aryl methyl sites for hydroxylation is 1. The van der Waals surface area contributed by atoms with E-state index in [9.17, 15) is 4.79 Å². The minimum absolute atomic E-state index is 0.0612. The zero-order valence-electron chi connectivity index (χ0n) is 9.90. The Kier molecular flexibility index (Phi) is 4.02. The smallest absolute Gasteiger partial charge is 0.348 e. The molecular formula is C12H17NO3S. The number of thiophene rings is 1. The summed E-state index contributed by atoms with van der Waals surface area (Å²) in [6, 6.07) is 1.67. The molecule has 1 aromatic rings. The van der Waals surface area contributed by atoms with Gasteiger partial charge in [0.1, 0.15) is 11.5 Å². The fraction of sp³-hybridized carbons (Fsp3) is 0.583. The van der Waals surface area contributed by atoms with E-state index in [4.69, 9.17) is 15.2 Å². The van der Waals surface area contributed by atoms with Crippen LogP contribution in [0.15, 0.2) is 6.07 Å². The van der Waals surface area contributed by atoms with Gasteiger partial charge in [-0.3, -0.25) is 0 Å². The van der Waals surface area contributed by atoms with E-state index in [1.165, 1.54) is 11.3 Å². The number of esters is 1. The van der Waals surface area contributed by atoms with E-state index >= 15 is 0 Å². The quantitative estimate of drug-likeness (QED) is 0.842. The average molecular weight is 255 g/mol. The number of carbonyl (C=O) groups excluding carboxylic acids is 1. The Labute approximate surface area is 105 Å². The molecule has 0 bridgehead atoms. The van der Waals surface area contributed by atoms with E-state index < -0.39 is 0 Å². The van der Waals surface area contributed by atoms with Crippen LogP contribution in [0.25, 0.3) is 0 Å². The lowest BCUT2D eigenvalue weighted by molar-refractivity contribution is -0.0298. The molecule has 1 aliphatic rings. The average Bonchev–Trinajstić information content (AvgIpc) is 2.68. The maximum absolute atomic E-state index is 11.7. The van der Waals surface area contributed by atoms with Gasteiger partial charge in [-0.1, -0.05) is 0 Å². The van der Waals surface area contributed by atoms with Crippen LogP contribution in [0.1, 0.15) is 33.8 Å². The van der Waals surface area contributed by atoms with E-state index in [-0.39, 0.29) is 12.1 Å².